The Morgan fingerprint density at radius 1 is 1.26 bits per heavy atom. The van der Waals surface area contributed by atoms with E-state index >= 15 is 0 Å². The lowest BCUT2D eigenvalue weighted by Crippen LogP contribution is -2.30. The first-order valence-electron chi connectivity index (χ1n) is 7.04. The van der Waals surface area contributed by atoms with E-state index in [1.807, 2.05) is 19.1 Å². The topological polar surface area (TPSA) is 32.5 Å². The van der Waals surface area contributed by atoms with E-state index in [1.165, 1.54) is 24.2 Å². The first kappa shape index (κ1) is 14.6. The Bertz CT molecular complexity index is 420. The molecule has 2 rings (SSSR count). The summed E-state index contributed by atoms with van der Waals surface area (Å²) in [6.07, 6.45) is 2.03. The van der Waals surface area contributed by atoms with Crippen molar-refractivity contribution in [3.05, 3.63) is 28.8 Å². The summed E-state index contributed by atoms with van der Waals surface area (Å²) in [6.45, 7) is 6.45. The van der Waals surface area contributed by atoms with Crippen LogP contribution in [-0.2, 0) is 6.42 Å². The summed E-state index contributed by atoms with van der Waals surface area (Å²) in [5.74, 6) is 0. The SMILES string of the molecule is CC(N)Cc1c(Cl)cccc1N1CCCN(C)CC1. The normalized spacial score (nSPS) is 19.3. The minimum atomic E-state index is 0.133. The van der Waals surface area contributed by atoms with E-state index in [-0.39, 0.29) is 6.04 Å². The fraction of sp³-hybridized carbons (Fsp3) is 0.600. The zero-order valence-corrected chi connectivity index (χ0v) is 12.7. The molecule has 3 nitrogen and oxygen atoms in total. The second-order valence-corrected chi connectivity index (χ2v) is 5.97. The number of anilines is 1. The fourth-order valence-electron chi connectivity index (χ4n) is 2.66. The van der Waals surface area contributed by atoms with E-state index < -0.39 is 0 Å². The highest BCUT2D eigenvalue weighted by atomic mass is 35.5. The number of halogens is 1. The zero-order valence-electron chi connectivity index (χ0n) is 11.9. The molecule has 1 aliphatic rings. The smallest absolute Gasteiger partial charge is 0.0459 e. The van der Waals surface area contributed by atoms with Crippen LogP contribution in [0.15, 0.2) is 18.2 Å². The van der Waals surface area contributed by atoms with Crippen molar-refractivity contribution in [3.63, 3.8) is 0 Å². The molecule has 0 amide bonds. The lowest BCUT2D eigenvalue weighted by molar-refractivity contribution is 0.360. The van der Waals surface area contributed by atoms with Gasteiger partial charge in [-0.2, -0.15) is 0 Å². The van der Waals surface area contributed by atoms with Gasteiger partial charge in [-0.3, -0.25) is 0 Å². The molecule has 0 aromatic heterocycles. The Morgan fingerprint density at radius 2 is 2.05 bits per heavy atom. The minimum Gasteiger partial charge on any atom is -0.370 e. The molecule has 0 radical (unpaired) electrons. The van der Waals surface area contributed by atoms with Gasteiger partial charge in [0.25, 0.3) is 0 Å². The molecule has 2 N–H and O–H groups in total. The molecule has 1 aliphatic heterocycles. The maximum Gasteiger partial charge on any atom is 0.0459 e. The number of hydrogen-bond donors (Lipinski definition) is 1. The highest BCUT2D eigenvalue weighted by Crippen LogP contribution is 2.29. The largest absolute Gasteiger partial charge is 0.370 e. The second kappa shape index (κ2) is 6.60. The fourth-order valence-corrected chi connectivity index (χ4v) is 2.90. The maximum absolute atomic E-state index is 6.37. The van der Waals surface area contributed by atoms with Gasteiger partial charge in [0.1, 0.15) is 0 Å². The number of hydrogen-bond acceptors (Lipinski definition) is 3. The standard InChI is InChI=1S/C15H24ClN3/c1-12(17)11-13-14(16)5-3-6-15(13)19-8-4-7-18(2)9-10-19/h3,5-6,12H,4,7-11,17H2,1-2H3. The van der Waals surface area contributed by atoms with Gasteiger partial charge in [-0.05, 0) is 51.1 Å². The van der Waals surface area contributed by atoms with Gasteiger partial charge in [0.2, 0.25) is 0 Å². The van der Waals surface area contributed by atoms with Crippen molar-refractivity contribution in [2.45, 2.75) is 25.8 Å². The maximum atomic E-state index is 6.37. The van der Waals surface area contributed by atoms with Crippen molar-refractivity contribution in [1.29, 1.82) is 0 Å². The number of nitrogens with zero attached hydrogens (tertiary/aromatic N) is 2. The van der Waals surface area contributed by atoms with Crippen LogP contribution in [0.5, 0.6) is 0 Å². The first-order chi connectivity index (χ1) is 9.08. The van der Waals surface area contributed by atoms with Crippen molar-refractivity contribution >= 4 is 17.3 Å². The summed E-state index contributed by atoms with van der Waals surface area (Å²) in [4.78, 5) is 4.84. The third-order valence-corrected chi connectivity index (χ3v) is 4.03. The van der Waals surface area contributed by atoms with Crippen LogP contribution in [-0.4, -0.2) is 44.2 Å². The molecule has 1 aromatic rings. The minimum absolute atomic E-state index is 0.133. The summed E-state index contributed by atoms with van der Waals surface area (Å²) in [5, 5.41) is 0.840. The predicted octanol–water partition coefficient (Wildman–Crippen LogP) is 2.37. The Kier molecular flexibility index (Phi) is 5.08. The number of likely N-dealkylation sites (N-methyl/N-ethyl adjacent to an activating group) is 1. The van der Waals surface area contributed by atoms with Gasteiger partial charge in [0.15, 0.2) is 0 Å². The molecular formula is C15H24ClN3. The van der Waals surface area contributed by atoms with Crippen LogP contribution in [0, 0.1) is 0 Å². The molecule has 1 fully saturated rings. The van der Waals surface area contributed by atoms with E-state index in [9.17, 15) is 0 Å². The Balaban J connectivity index is 2.25. The van der Waals surface area contributed by atoms with Crippen molar-refractivity contribution in [1.82, 2.24) is 4.90 Å². The Morgan fingerprint density at radius 3 is 2.79 bits per heavy atom. The van der Waals surface area contributed by atoms with E-state index in [0.717, 1.165) is 31.1 Å². The van der Waals surface area contributed by atoms with Crippen LogP contribution in [0.4, 0.5) is 5.69 Å². The molecule has 0 aliphatic carbocycles. The molecule has 0 bridgehead atoms. The van der Waals surface area contributed by atoms with Crippen LogP contribution in [0.1, 0.15) is 18.9 Å². The summed E-state index contributed by atoms with van der Waals surface area (Å²) >= 11 is 6.37. The molecule has 106 valence electrons. The Labute approximate surface area is 121 Å². The van der Waals surface area contributed by atoms with E-state index in [1.54, 1.807) is 0 Å². The number of benzene rings is 1. The highest BCUT2D eigenvalue weighted by Gasteiger charge is 2.17. The molecule has 0 spiro atoms. The van der Waals surface area contributed by atoms with E-state index in [2.05, 4.69) is 22.9 Å². The van der Waals surface area contributed by atoms with Gasteiger partial charge in [-0.25, -0.2) is 0 Å². The second-order valence-electron chi connectivity index (χ2n) is 5.56. The molecule has 1 saturated heterocycles. The molecule has 1 aromatic carbocycles. The van der Waals surface area contributed by atoms with Gasteiger partial charge < -0.3 is 15.5 Å². The van der Waals surface area contributed by atoms with Crippen molar-refractivity contribution in [2.75, 3.05) is 38.1 Å². The van der Waals surface area contributed by atoms with Gasteiger partial charge in [-0.1, -0.05) is 17.7 Å². The van der Waals surface area contributed by atoms with Crippen LogP contribution in [0.25, 0.3) is 0 Å². The van der Waals surface area contributed by atoms with Gasteiger partial charge in [0.05, 0.1) is 0 Å². The van der Waals surface area contributed by atoms with Crippen molar-refractivity contribution in [3.8, 4) is 0 Å². The lowest BCUT2D eigenvalue weighted by atomic mass is 10.0. The predicted molar refractivity (Wildman–Crippen MR) is 83.1 cm³/mol. The number of nitrogens with two attached hydrogens (primary N) is 1. The van der Waals surface area contributed by atoms with Gasteiger partial charge >= 0.3 is 0 Å². The monoisotopic (exact) mass is 281 g/mol. The summed E-state index contributed by atoms with van der Waals surface area (Å²) in [7, 11) is 2.18. The Hall–Kier alpha value is -0.770. The quantitative estimate of drug-likeness (QED) is 0.923. The van der Waals surface area contributed by atoms with Gasteiger partial charge in [-0.15, -0.1) is 0 Å². The van der Waals surface area contributed by atoms with Crippen molar-refractivity contribution < 1.29 is 0 Å². The van der Waals surface area contributed by atoms with E-state index in [4.69, 9.17) is 17.3 Å². The lowest BCUT2D eigenvalue weighted by Gasteiger charge is -2.26. The van der Waals surface area contributed by atoms with Crippen LogP contribution < -0.4 is 10.6 Å². The summed E-state index contributed by atoms with van der Waals surface area (Å²) in [5.41, 5.74) is 8.42. The summed E-state index contributed by atoms with van der Waals surface area (Å²) in [6, 6.07) is 6.31. The highest BCUT2D eigenvalue weighted by molar-refractivity contribution is 6.31. The van der Waals surface area contributed by atoms with Crippen molar-refractivity contribution in [2.24, 2.45) is 5.73 Å². The van der Waals surface area contributed by atoms with Crippen LogP contribution >= 0.6 is 11.6 Å². The van der Waals surface area contributed by atoms with E-state index in [0.29, 0.717) is 0 Å². The molecule has 4 heteroatoms. The molecule has 1 atom stereocenters. The molecule has 1 unspecified atom stereocenters. The third kappa shape index (κ3) is 3.85. The summed E-state index contributed by atoms with van der Waals surface area (Å²) < 4.78 is 0. The third-order valence-electron chi connectivity index (χ3n) is 3.68. The van der Waals surface area contributed by atoms with Crippen LogP contribution in [0.2, 0.25) is 5.02 Å². The van der Waals surface area contributed by atoms with Crippen LogP contribution in [0.3, 0.4) is 0 Å². The molecular weight excluding hydrogens is 258 g/mol. The van der Waals surface area contributed by atoms with Gasteiger partial charge in [0, 0.05) is 36.4 Å². The molecule has 1 heterocycles. The molecule has 19 heavy (non-hydrogen) atoms. The average molecular weight is 282 g/mol. The zero-order chi connectivity index (χ0) is 13.8. The average Bonchev–Trinajstić information content (AvgIpc) is 2.56. The molecule has 0 saturated carbocycles. The first-order valence-corrected chi connectivity index (χ1v) is 7.42. The number of rotatable bonds is 3.